The Kier molecular flexibility index (Phi) is 6.60. The van der Waals surface area contributed by atoms with Crippen molar-refractivity contribution in [2.24, 2.45) is 0 Å². The van der Waals surface area contributed by atoms with E-state index in [0.29, 0.717) is 0 Å². The first-order valence-corrected chi connectivity index (χ1v) is 18.8. The molecule has 12 rings (SSSR count). The maximum Gasteiger partial charge on any atom is 0.153 e. The van der Waals surface area contributed by atoms with E-state index in [0.717, 1.165) is 77.3 Å². The van der Waals surface area contributed by atoms with Crippen molar-refractivity contribution in [2.75, 3.05) is 0 Å². The summed E-state index contributed by atoms with van der Waals surface area (Å²) >= 11 is 0. The molecule has 0 bridgehead atoms. The van der Waals surface area contributed by atoms with Gasteiger partial charge in [-0.3, -0.25) is 9.97 Å². The highest BCUT2D eigenvalue weighted by molar-refractivity contribution is 6.08. The van der Waals surface area contributed by atoms with Gasteiger partial charge >= 0.3 is 0 Å². The zero-order chi connectivity index (χ0) is 36.7. The molecule has 0 N–H and O–H groups in total. The summed E-state index contributed by atoms with van der Waals surface area (Å²) < 4.78 is 12.3. The van der Waals surface area contributed by atoms with Crippen molar-refractivity contribution in [3.8, 4) is 77.9 Å². The Bertz CT molecular complexity index is 3250. The average Bonchev–Trinajstić information content (AvgIpc) is 3.83. The first kappa shape index (κ1) is 30.9. The van der Waals surface area contributed by atoms with Gasteiger partial charge in [0.05, 0.1) is 12.4 Å². The van der Waals surface area contributed by atoms with Crippen LogP contribution >= 0.6 is 0 Å². The largest absolute Gasteiger partial charge is 0.454 e. The van der Waals surface area contributed by atoms with Crippen LogP contribution in [0.2, 0.25) is 0 Å². The molecule has 1 aliphatic carbocycles. The van der Waals surface area contributed by atoms with Gasteiger partial charge in [-0.1, -0.05) is 97.1 Å². The number of rotatable bonds is 3. The molecule has 0 unspecified atom stereocenters. The maximum atomic E-state index is 6.17. The van der Waals surface area contributed by atoms with Gasteiger partial charge < -0.3 is 8.83 Å². The minimum Gasteiger partial charge on any atom is -0.454 e. The van der Waals surface area contributed by atoms with Crippen LogP contribution in [0.25, 0.3) is 122 Å². The Labute approximate surface area is 322 Å². The lowest BCUT2D eigenvalue weighted by Gasteiger charge is -2.23. The van der Waals surface area contributed by atoms with E-state index in [1.807, 2.05) is 24.5 Å². The number of aromatic nitrogens is 2. The summed E-state index contributed by atoms with van der Waals surface area (Å²) in [6, 6.07) is 57.4. The summed E-state index contributed by atoms with van der Waals surface area (Å²) in [5.41, 5.74) is 19.9. The molecule has 4 aromatic heterocycles. The van der Waals surface area contributed by atoms with Crippen LogP contribution in [0.5, 0.6) is 0 Å². The predicted octanol–water partition coefficient (Wildman–Crippen LogP) is 14.3. The number of nitrogens with zero attached hydrogens (tertiary/aromatic N) is 2. The van der Waals surface area contributed by atoms with Crippen molar-refractivity contribution in [1.82, 2.24) is 9.97 Å². The fourth-order valence-corrected chi connectivity index (χ4v) is 8.79. The molecule has 0 aliphatic heterocycles. The third kappa shape index (κ3) is 4.73. The average molecular weight is 715 g/mol. The molecule has 0 spiro atoms. The highest BCUT2D eigenvalue weighted by Crippen LogP contribution is 2.49. The Morgan fingerprint density at radius 2 is 0.643 bits per heavy atom. The van der Waals surface area contributed by atoms with Crippen LogP contribution in [0.15, 0.2) is 191 Å². The Balaban J connectivity index is 1.10. The van der Waals surface area contributed by atoms with Gasteiger partial charge in [0.15, 0.2) is 11.2 Å². The Morgan fingerprint density at radius 1 is 0.268 bits per heavy atom. The SMILES string of the molecule is c1ccc2c(c1)-c1ccccc1-c1ccc(-c3cc(-c4ccc5oc6cnccc6c5c4)cc(-c4ccc5oc6cnccc6c5c4)c3)cc1-c1ccccc1-2. The summed E-state index contributed by atoms with van der Waals surface area (Å²) in [7, 11) is 0. The molecule has 0 fully saturated rings. The second kappa shape index (κ2) is 12.0. The highest BCUT2D eigenvalue weighted by Gasteiger charge is 2.22. The first-order valence-electron chi connectivity index (χ1n) is 18.8. The van der Waals surface area contributed by atoms with E-state index in [1.165, 1.54) is 44.5 Å². The highest BCUT2D eigenvalue weighted by atomic mass is 16.3. The minimum absolute atomic E-state index is 0.787. The molecule has 56 heavy (non-hydrogen) atoms. The second-order valence-corrected chi connectivity index (χ2v) is 14.6. The van der Waals surface area contributed by atoms with E-state index in [2.05, 4.69) is 156 Å². The van der Waals surface area contributed by atoms with Crippen LogP contribution in [0, 0.1) is 0 Å². The first-order chi connectivity index (χ1) is 27.7. The lowest BCUT2D eigenvalue weighted by molar-refractivity contribution is 0.666. The summed E-state index contributed by atoms with van der Waals surface area (Å²) in [6.45, 7) is 0. The number of fused-ring (bicyclic) bond motifs is 14. The molecule has 0 saturated carbocycles. The Morgan fingerprint density at radius 3 is 1.09 bits per heavy atom. The predicted molar refractivity (Wildman–Crippen MR) is 228 cm³/mol. The third-order valence-electron chi connectivity index (χ3n) is 11.4. The minimum atomic E-state index is 0.787. The standard InChI is InChI=1S/C52H30N2O2/c1-2-8-38-37(7-1)39-9-3-4-11-41(39)43-16-13-31(26-46(43)42-12-6-5-10-40(38)42)34-23-35(32-14-17-49-47(27-32)44-19-21-53-29-51(44)55-49)25-36(24-34)33-15-18-50-48(28-33)45-20-22-54-30-52(45)56-50/h1-30H. The number of furan rings is 2. The molecule has 260 valence electrons. The molecular weight excluding hydrogens is 685 g/mol. The molecule has 4 heteroatoms. The van der Waals surface area contributed by atoms with Gasteiger partial charge in [0.2, 0.25) is 0 Å². The quantitative estimate of drug-likeness (QED) is 0.183. The van der Waals surface area contributed by atoms with Crippen LogP contribution < -0.4 is 0 Å². The van der Waals surface area contributed by atoms with Gasteiger partial charge in [-0.2, -0.15) is 0 Å². The summed E-state index contributed by atoms with van der Waals surface area (Å²) in [6.07, 6.45) is 7.22. The molecular formula is C52H30N2O2. The van der Waals surface area contributed by atoms with Crippen molar-refractivity contribution in [2.45, 2.75) is 0 Å². The van der Waals surface area contributed by atoms with Gasteiger partial charge in [0.1, 0.15) is 11.2 Å². The number of benzene rings is 7. The smallest absolute Gasteiger partial charge is 0.153 e. The molecule has 0 amide bonds. The van der Waals surface area contributed by atoms with Gasteiger partial charge in [-0.25, -0.2) is 0 Å². The van der Waals surface area contributed by atoms with E-state index in [9.17, 15) is 0 Å². The summed E-state index contributed by atoms with van der Waals surface area (Å²) in [5, 5.41) is 4.26. The van der Waals surface area contributed by atoms with Gasteiger partial charge in [-0.05, 0) is 139 Å². The van der Waals surface area contributed by atoms with Crippen LogP contribution in [0.3, 0.4) is 0 Å². The van der Waals surface area contributed by atoms with Gasteiger partial charge in [0, 0.05) is 33.9 Å². The van der Waals surface area contributed by atoms with Crippen LogP contribution in [0.1, 0.15) is 0 Å². The van der Waals surface area contributed by atoms with Crippen LogP contribution in [-0.4, -0.2) is 9.97 Å². The lowest BCUT2D eigenvalue weighted by Crippen LogP contribution is -1.97. The lowest BCUT2D eigenvalue weighted by atomic mass is 9.80. The van der Waals surface area contributed by atoms with Crippen molar-refractivity contribution < 1.29 is 8.83 Å². The van der Waals surface area contributed by atoms with E-state index >= 15 is 0 Å². The van der Waals surface area contributed by atoms with Crippen molar-refractivity contribution in [3.05, 3.63) is 183 Å². The molecule has 4 nitrogen and oxygen atoms in total. The van der Waals surface area contributed by atoms with Gasteiger partial charge in [-0.15, -0.1) is 0 Å². The van der Waals surface area contributed by atoms with Crippen molar-refractivity contribution in [1.29, 1.82) is 0 Å². The molecule has 4 heterocycles. The van der Waals surface area contributed by atoms with Crippen LogP contribution in [0.4, 0.5) is 0 Å². The summed E-state index contributed by atoms with van der Waals surface area (Å²) in [5.74, 6) is 0. The molecule has 1 aliphatic rings. The molecule has 0 radical (unpaired) electrons. The third-order valence-corrected chi connectivity index (χ3v) is 11.4. The topological polar surface area (TPSA) is 52.1 Å². The Hall–Kier alpha value is -7.56. The second-order valence-electron chi connectivity index (χ2n) is 14.6. The van der Waals surface area contributed by atoms with E-state index < -0.39 is 0 Å². The van der Waals surface area contributed by atoms with Crippen LogP contribution in [-0.2, 0) is 0 Å². The van der Waals surface area contributed by atoms with E-state index in [4.69, 9.17) is 8.83 Å². The maximum absolute atomic E-state index is 6.17. The van der Waals surface area contributed by atoms with Crippen molar-refractivity contribution in [3.63, 3.8) is 0 Å². The summed E-state index contributed by atoms with van der Waals surface area (Å²) in [4.78, 5) is 8.58. The fraction of sp³-hybridized carbons (Fsp3) is 0. The zero-order valence-electron chi connectivity index (χ0n) is 30.0. The fourth-order valence-electron chi connectivity index (χ4n) is 8.79. The number of pyridine rings is 2. The molecule has 11 aromatic rings. The van der Waals surface area contributed by atoms with E-state index in [-0.39, 0.29) is 0 Å². The molecule has 0 atom stereocenters. The molecule has 0 saturated heterocycles. The van der Waals surface area contributed by atoms with Crippen molar-refractivity contribution >= 4 is 43.9 Å². The van der Waals surface area contributed by atoms with E-state index in [1.54, 1.807) is 12.4 Å². The zero-order valence-corrected chi connectivity index (χ0v) is 30.0. The number of hydrogen-bond acceptors (Lipinski definition) is 4. The number of hydrogen-bond donors (Lipinski definition) is 0. The van der Waals surface area contributed by atoms with Gasteiger partial charge in [0.25, 0.3) is 0 Å². The normalized spacial score (nSPS) is 11.9. The monoisotopic (exact) mass is 714 g/mol. The molecule has 7 aromatic carbocycles.